The van der Waals surface area contributed by atoms with Crippen LogP contribution in [-0.2, 0) is 32.6 Å². The van der Waals surface area contributed by atoms with E-state index in [0.717, 1.165) is 15.4 Å². The second kappa shape index (κ2) is 14.3. The first kappa shape index (κ1) is 32.4. The number of nitrogens with zero attached hydrogens (tertiary/aromatic N) is 2. The van der Waals surface area contributed by atoms with E-state index in [9.17, 15) is 18.0 Å². The third-order valence-electron chi connectivity index (χ3n) is 6.90. The predicted octanol–water partition coefficient (Wildman–Crippen LogP) is 6.54. The molecule has 0 aliphatic carbocycles. The average molecular weight is 659 g/mol. The average Bonchev–Trinajstić information content (AvgIpc) is 3.00. The Hall–Kier alpha value is -3.56. The number of anilines is 1. The number of likely N-dealkylation sites (N-methyl/N-ethyl adjacent to an activating group) is 1. The second-order valence-corrected chi connectivity index (χ2v) is 12.9. The van der Waals surface area contributed by atoms with Gasteiger partial charge in [-0.3, -0.25) is 13.9 Å². The number of aryl methyl sites for hydroxylation is 1. The van der Waals surface area contributed by atoms with Gasteiger partial charge in [0.15, 0.2) is 0 Å². The Morgan fingerprint density at radius 3 is 2.09 bits per heavy atom. The van der Waals surface area contributed by atoms with Gasteiger partial charge in [0, 0.05) is 25.0 Å². The molecule has 0 aliphatic rings. The van der Waals surface area contributed by atoms with E-state index < -0.39 is 34.4 Å². The first-order valence-corrected chi connectivity index (χ1v) is 15.9. The maximum atomic E-state index is 14.3. The minimum absolute atomic E-state index is 0.0281. The van der Waals surface area contributed by atoms with Crippen molar-refractivity contribution in [2.24, 2.45) is 0 Å². The van der Waals surface area contributed by atoms with Crippen molar-refractivity contribution in [3.63, 3.8) is 0 Å². The molecule has 4 rings (SSSR count). The van der Waals surface area contributed by atoms with Gasteiger partial charge in [-0.1, -0.05) is 107 Å². The fourth-order valence-electron chi connectivity index (χ4n) is 4.57. The Labute approximate surface area is 267 Å². The SMILES string of the molecule is CNC(=O)[C@H](Cc1ccccc1)N(Cc1ccccc1Cl)C(=O)CN(c1cccc(Cl)c1Cl)S(=O)(=O)c1ccc(C)cc1. The molecule has 1 N–H and O–H groups in total. The minimum atomic E-state index is -4.31. The van der Waals surface area contributed by atoms with Crippen LogP contribution in [0.4, 0.5) is 5.69 Å². The number of halogens is 3. The van der Waals surface area contributed by atoms with Crippen molar-refractivity contribution in [3.8, 4) is 0 Å². The maximum absolute atomic E-state index is 14.3. The zero-order valence-corrected chi connectivity index (χ0v) is 26.6. The van der Waals surface area contributed by atoms with Crippen molar-refractivity contribution in [2.75, 3.05) is 17.9 Å². The van der Waals surface area contributed by atoms with Crippen molar-refractivity contribution in [1.82, 2.24) is 10.2 Å². The summed E-state index contributed by atoms with van der Waals surface area (Å²) in [5.41, 5.74) is 2.30. The number of sulfonamides is 1. The van der Waals surface area contributed by atoms with Gasteiger partial charge >= 0.3 is 0 Å². The molecule has 0 spiro atoms. The normalized spacial score (nSPS) is 11.9. The summed E-state index contributed by atoms with van der Waals surface area (Å²) < 4.78 is 29.1. The molecule has 4 aromatic carbocycles. The summed E-state index contributed by atoms with van der Waals surface area (Å²) in [6.45, 7) is 1.12. The van der Waals surface area contributed by atoms with E-state index in [1.54, 1.807) is 42.5 Å². The molecule has 0 aliphatic heterocycles. The Morgan fingerprint density at radius 1 is 0.814 bits per heavy atom. The molecule has 2 amide bonds. The quantitative estimate of drug-likeness (QED) is 0.198. The third-order valence-corrected chi connectivity index (χ3v) is 9.86. The van der Waals surface area contributed by atoms with Gasteiger partial charge in [-0.25, -0.2) is 8.42 Å². The Morgan fingerprint density at radius 2 is 1.44 bits per heavy atom. The van der Waals surface area contributed by atoms with Gasteiger partial charge in [-0.15, -0.1) is 0 Å². The largest absolute Gasteiger partial charge is 0.357 e. The lowest BCUT2D eigenvalue weighted by molar-refractivity contribution is -0.139. The molecule has 0 aromatic heterocycles. The third kappa shape index (κ3) is 7.70. The zero-order valence-electron chi connectivity index (χ0n) is 23.5. The summed E-state index contributed by atoms with van der Waals surface area (Å²) in [6, 6.07) is 26.0. The zero-order chi connectivity index (χ0) is 31.1. The van der Waals surface area contributed by atoms with Crippen LogP contribution in [-0.4, -0.2) is 44.8 Å². The van der Waals surface area contributed by atoms with Crippen LogP contribution < -0.4 is 9.62 Å². The summed E-state index contributed by atoms with van der Waals surface area (Å²) in [5, 5.41) is 3.14. The van der Waals surface area contributed by atoms with E-state index >= 15 is 0 Å². The van der Waals surface area contributed by atoms with Crippen molar-refractivity contribution >= 4 is 62.3 Å². The fraction of sp³-hybridized carbons (Fsp3) is 0.188. The second-order valence-electron chi connectivity index (χ2n) is 9.83. The summed E-state index contributed by atoms with van der Waals surface area (Å²) in [7, 11) is -2.83. The van der Waals surface area contributed by atoms with Crippen LogP contribution in [0.2, 0.25) is 15.1 Å². The van der Waals surface area contributed by atoms with Crippen LogP contribution in [0, 0.1) is 6.92 Å². The number of nitrogens with one attached hydrogen (secondary N) is 1. The Kier molecular flexibility index (Phi) is 10.7. The van der Waals surface area contributed by atoms with E-state index in [-0.39, 0.29) is 33.6 Å². The molecule has 0 fully saturated rings. The topological polar surface area (TPSA) is 86.8 Å². The van der Waals surface area contributed by atoms with Gasteiger partial charge in [0.1, 0.15) is 12.6 Å². The molecule has 224 valence electrons. The van der Waals surface area contributed by atoms with Crippen molar-refractivity contribution in [1.29, 1.82) is 0 Å². The molecule has 0 unspecified atom stereocenters. The first-order chi connectivity index (χ1) is 20.5. The highest BCUT2D eigenvalue weighted by Crippen LogP contribution is 2.36. The predicted molar refractivity (Wildman–Crippen MR) is 172 cm³/mol. The van der Waals surface area contributed by atoms with Gasteiger partial charge in [0.05, 0.1) is 20.6 Å². The van der Waals surface area contributed by atoms with Crippen LogP contribution in [0.5, 0.6) is 0 Å². The van der Waals surface area contributed by atoms with Gasteiger partial charge in [0.2, 0.25) is 11.8 Å². The summed E-state index contributed by atoms with van der Waals surface area (Å²) in [6.07, 6.45) is 0.180. The summed E-state index contributed by atoms with van der Waals surface area (Å²) >= 11 is 19.3. The van der Waals surface area contributed by atoms with Crippen LogP contribution in [0.15, 0.2) is 102 Å². The van der Waals surface area contributed by atoms with Gasteiger partial charge in [0.25, 0.3) is 10.0 Å². The number of hydrogen-bond acceptors (Lipinski definition) is 4. The number of rotatable bonds is 11. The minimum Gasteiger partial charge on any atom is -0.357 e. The number of hydrogen-bond donors (Lipinski definition) is 1. The molecule has 0 heterocycles. The number of benzene rings is 4. The van der Waals surface area contributed by atoms with Gasteiger partial charge < -0.3 is 10.2 Å². The van der Waals surface area contributed by atoms with E-state index in [2.05, 4.69) is 5.32 Å². The number of amides is 2. The standard InChI is InChI=1S/C32H30Cl3N3O4S/c1-22-15-17-25(18-16-22)43(41,42)38(28-14-8-13-27(34)31(28)35)21-30(39)37(20-24-11-6-7-12-26(24)33)29(32(40)36-2)19-23-9-4-3-5-10-23/h3-18,29H,19-21H2,1-2H3,(H,36,40)/t29-/m0/s1. The highest BCUT2D eigenvalue weighted by molar-refractivity contribution is 7.92. The van der Waals surface area contributed by atoms with Crippen molar-refractivity contribution in [3.05, 3.63) is 129 Å². The smallest absolute Gasteiger partial charge is 0.264 e. The summed E-state index contributed by atoms with van der Waals surface area (Å²) in [4.78, 5) is 29.0. The lowest BCUT2D eigenvalue weighted by Gasteiger charge is -2.34. The molecular weight excluding hydrogens is 629 g/mol. The molecule has 0 bridgehead atoms. The lowest BCUT2D eigenvalue weighted by atomic mass is 10.0. The van der Waals surface area contributed by atoms with Crippen LogP contribution in [0.1, 0.15) is 16.7 Å². The molecule has 7 nitrogen and oxygen atoms in total. The molecule has 0 radical (unpaired) electrons. The lowest BCUT2D eigenvalue weighted by Crippen LogP contribution is -2.53. The molecule has 1 atom stereocenters. The number of carbonyl (C=O) groups is 2. The van der Waals surface area contributed by atoms with E-state index in [1.165, 1.54) is 36.2 Å². The molecule has 0 saturated carbocycles. The van der Waals surface area contributed by atoms with Crippen LogP contribution in [0.25, 0.3) is 0 Å². The Bertz CT molecular complexity index is 1700. The van der Waals surface area contributed by atoms with Crippen molar-refractivity contribution in [2.45, 2.75) is 30.8 Å². The highest BCUT2D eigenvalue weighted by atomic mass is 35.5. The maximum Gasteiger partial charge on any atom is 0.264 e. The van der Waals surface area contributed by atoms with Crippen LogP contribution >= 0.6 is 34.8 Å². The van der Waals surface area contributed by atoms with E-state index in [1.807, 2.05) is 37.3 Å². The van der Waals surface area contributed by atoms with Gasteiger partial charge in [-0.05, 0) is 48.4 Å². The molecular formula is C32H30Cl3N3O4S. The fourth-order valence-corrected chi connectivity index (χ4v) is 6.64. The monoisotopic (exact) mass is 657 g/mol. The summed E-state index contributed by atoms with van der Waals surface area (Å²) in [5.74, 6) is -1.06. The molecule has 0 saturated heterocycles. The van der Waals surface area contributed by atoms with Gasteiger partial charge in [-0.2, -0.15) is 0 Å². The van der Waals surface area contributed by atoms with Crippen molar-refractivity contribution < 1.29 is 18.0 Å². The van der Waals surface area contributed by atoms with E-state index in [0.29, 0.717) is 10.6 Å². The first-order valence-electron chi connectivity index (χ1n) is 13.3. The molecule has 11 heteroatoms. The van der Waals surface area contributed by atoms with E-state index in [4.69, 9.17) is 34.8 Å². The molecule has 43 heavy (non-hydrogen) atoms. The highest BCUT2D eigenvalue weighted by Gasteiger charge is 2.35. The number of carbonyl (C=O) groups excluding carboxylic acids is 2. The Balaban J connectivity index is 1.83. The van der Waals surface area contributed by atoms with Crippen LogP contribution in [0.3, 0.4) is 0 Å². The molecule has 4 aromatic rings.